The lowest BCUT2D eigenvalue weighted by atomic mass is 9.98. The third-order valence-electron chi connectivity index (χ3n) is 3.30. The highest BCUT2D eigenvalue weighted by molar-refractivity contribution is 5.75. The average molecular weight is 204 g/mol. The second kappa shape index (κ2) is 3.33. The molecule has 2 aliphatic heterocycles. The summed E-state index contributed by atoms with van der Waals surface area (Å²) in [5.41, 5.74) is 4.02. The SMILES string of the molecule is CNc1ccc2c3c1CCCN3CCO2. The Labute approximate surface area is 90.0 Å². The first-order chi connectivity index (χ1) is 7.40. The van der Waals surface area contributed by atoms with Crippen LogP contribution in [0.3, 0.4) is 0 Å². The Morgan fingerprint density at radius 3 is 3.13 bits per heavy atom. The summed E-state index contributed by atoms with van der Waals surface area (Å²) >= 11 is 0. The van der Waals surface area contributed by atoms with Crippen molar-refractivity contribution < 1.29 is 4.74 Å². The maximum Gasteiger partial charge on any atom is 0.143 e. The van der Waals surface area contributed by atoms with Crippen LogP contribution in [0.4, 0.5) is 11.4 Å². The van der Waals surface area contributed by atoms with Crippen LogP contribution < -0.4 is 15.0 Å². The van der Waals surface area contributed by atoms with Crippen LogP contribution >= 0.6 is 0 Å². The van der Waals surface area contributed by atoms with Crippen molar-refractivity contribution in [3.05, 3.63) is 17.7 Å². The monoisotopic (exact) mass is 204 g/mol. The van der Waals surface area contributed by atoms with Crippen LogP contribution in [0.15, 0.2) is 12.1 Å². The Hall–Kier alpha value is -1.38. The van der Waals surface area contributed by atoms with E-state index in [0.29, 0.717) is 0 Å². The van der Waals surface area contributed by atoms with Crippen molar-refractivity contribution in [2.45, 2.75) is 12.8 Å². The molecule has 0 aliphatic carbocycles. The van der Waals surface area contributed by atoms with Gasteiger partial charge in [-0.15, -0.1) is 0 Å². The van der Waals surface area contributed by atoms with Crippen molar-refractivity contribution in [2.75, 3.05) is 37.0 Å². The van der Waals surface area contributed by atoms with Crippen molar-refractivity contribution in [1.82, 2.24) is 0 Å². The van der Waals surface area contributed by atoms with E-state index in [0.717, 1.165) is 18.9 Å². The van der Waals surface area contributed by atoms with Gasteiger partial charge in [-0.1, -0.05) is 0 Å². The summed E-state index contributed by atoms with van der Waals surface area (Å²) in [5, 5.41) is 3.27. The highest BCUT2D eigenvalue weighted by Crippen LogP contribution is 2.41. The number of hydrogen-bond donors (Lipinski definition) is 1. The topological polar surface area (TPSA) is 24.5 Å². The van der Waals surface area contributed by atoms with E-state index in [1.807, 2.05) is 7.05 Å². The molecule has 2 heterocycles. The molecule has 80 valence electrons. The van der Waals surface area contributed by atoms with Gasteiger partial charge in [-0.2, -0.15) is 0 Å². The van der Waals surface area contributed by atoms with E-state index in [1.54, 1.807) is 0 Å². The number of hydrogen-bond acceptors (Lipinski definition) is 3. The molecule has 0 spiro atoms. The second-order valence-electron chi connectivity index (χ2n) is 4.13. The molecule has 1 aromatic carbocycles. The van der Waals surface area contributed by atoms with E-state index in [1.165, 1.54) is 36.3 Å². The Morgan fingerprint density at radius 2 is 2.27 bits per heavy atom. The first-order valence-electron chi connectivity index (χ1n) is 5.61. The van der Waals surface area contributed by atoms with Crippen LogP contribution in [0.25, 0.3) is 0 Å². The molecule has 3 rings (SSSR count). The molecule has 1 aromatic rings. The standard InChI is InChI=1S/C12H16N2O/c1-13-10-4-5-11-12-9(10)3-2-6-14(12)7-8-15-11/h4-5,13H,2-3,6-8H2,1H3. The van der Waals surface area contributed by atoms with Gasteiger partial charge in [0.15, 0.2) is 0 Å². The highest BCUT2D eigenvalue weighted by Gasteiger charge is 2.26. The van der Waals surface area contributed by atoms with Gasteiger partial charge in [-0.3, -0.25) is 0 Å². The molecule has 0 fully saturated rings. The predicted molar refractivity (Wildman–Crippen MR) is 62.0 cm³/mol. The average Bonchev–Trinajstić information content (AvgIpc) is 2.30. The summed E-state index contributed by atoms with van der Waals surface area (Å²) < 4.78 is 5.70. The number of ether oxygens (including phenoxy) is 1. The summed E-state index contributed by atoms with van der Waals surface area (Å²) in [4.78, 5) is 2.46. The van der Waals surface area contributed by atoms with Crippen molar-refractivity contribution in [2.24, 2.45) is 0 Å². The summed E-state index contributed by atoms with van der Waals surface area (Å²) in [6.45, 7) is 3.04. The van der Waals surface area contributed by atoms with Gasteiger partial charge in [0, 0.05) is 24.8 Å². The normalized spacial score (nSPS) is 18.1. The van der Waals surface area contributed by atoms with Gasteiger partial charge < -0.3 is 15.0 Å². The molecule has 3 nitrogen and oxygen atoms in total. The Bertz CT molecular complexity index is 387. The summed E-state index contributed by atoms with van der Waals surface area (Å²) in [5.74, 6) is 1.06. The van der Waals surface area contributed by atoms with Crippen LogP contribution in [0.5, 0.6) is 5.75 Å². The number of nitrogens with one attached hydrogen (secondary N) is 1. The molecule has 0 bridgehead atoms. The molecule has 0 aromatic heterocycles. The number of rotatable bonds is 1. The number of anilines is 2. The first-order valence-corrected chi connectivity index (χ1v) is 5.61. The molecular weight excluding hydrogens is 188 g/mol. The van der Waals surface area contributed by atoms with Gasteiger partial charge in [-0.25, -0.2) is 0 Å². The van der Waals surface area contributed by atoms with Gasteiger partial charge in [0.25, 0.3) is 0 Å². The largest absolute Gasteiger partial charge is 0.490 e. The lowest BCUT2D eigenvalue weighted by Gasteiger charge is -2.37. The van der Waals surface area contributed by atoms with E-state index in [4.69, 9.17) is 4.74 Å². The van der Waals surface area contributed by atoms with Gasteiger partial charge in [-0.05, 0) is 25.0 Å². The number of benzene rings is 1. The molecule has 0 saturated carbocycles. The fourth-order valence-electron chi connectivity index (χ4n) is 2.61. The first kappa shape index (κ1) is 8.89. The Kier molecular flexibility index (Phi) is 1.97. The maximum absolute atomic E-state index is 5.70. The lowest BCUT2D eigenvalue weighted by Crippen LogP contribution is -2.37. The Balaban J connectivity index is 2.18. The van der Waals surface area contributed by atoms with Crippen LogP contribution in [0, 0.1) is 0 Å². The van der Waals surface area contributed by atoms with Gasteiger partial charge in [0.05, 0.1) is 12.2 Å². The van der Waals surface area contributed by atoms with Gasteiger partial charge in [0.2, 0.25) is 0 Å². The summed E-state index contributed by atoms with van der Waals surface area (Å²) in [6, 6.07) is 4.21. The van der Waals surface area contributed by atoms with Gasteiger partial charge >= 0.3 is 0 Å². The predicted octanol–water partition coefficient (Wildman–Crippen LogP) is 1.87. The molecule has 0 amide bonds. The van der Waals surface area contributed by atoms with Crippen LogP contribution in [0.2, 0.25) is 0 Å². The van der Waals surface area contributed by atoms with E-state index < -0.39 is 0 Å². The summed E-state index contributed by atoms with van der Waals surface area (Å²) in [7, 11) is 1.99. The van der Waals surface area contributed by atoms with E-state index >= 15 is 0 Å². The smallest absolute Gasteiger partial charge is 0.143 e. The zero-order valence-corrected chi connectivity index (χ0v) is 9.05. The third-order valence-corrected chi connectivity index (χ3v) is 3.30. The maximum atomic E-state index is 5.70. The lowest BCUT2D eigenvalue weighted by molar-refractivity contribution is 0.304. The molecule has 2 aliphatic rings. The molecule has 0 atom stereocenters. The third kappa shape index (κ3) is 1.26. The second-order valence-corrected chi connectivity index (χ2v) is 4.13. The molecule has 0 unspecified atom stereocenters. The highest BCUT2D eigenvalue weighted by atomic mass is 16.5. The fraction of sp³-hybridized carbons (Fsp3) is 0.500. The summed E-state index contributed by atoms with van der Waals surface area (Å²) in [6.07, 6.45) is 2.42. The zero-order chi connectivity index (χ0) is 10.3. The Morgan fingerprint density at radius 1 is 1.33 bits per heavy atom. The molecule has 3 heteroatoms. The zero-order valence-electron chi connectivity index (χ0n) is 9.05. The number of nitrogens with zero attached hydrogens (tertiary/aromatic N) is 1. The van der Waals surface area contributed by atoms with Crippen molar-refractivity contribution in [1.29, 1.82) is 0 Å². The molecular formula is C12H16N2O. The van der Waals surface area contributed by atoms with Crippen LogP contribution in [0.1, 0.15) is 12.0 Å². The quantitative estimate of drug-likeness (QED) is 0.756. The molecule has 0 radical (unpaired) electrons. The molecule has 1 N–H and O–H groups in total. The van der Waals surface area contributed by atoms with Crippen molar-refractivity contribution in [3.8, 4) is 5.75 Å². The molecule has 15 heavy (non-hydrogen) atoms. The molecule has 0 saturated heterocycles. The van der Waals surface area contributed by atoms with Crippen LogP contribution in [-0.4, -0.2) is 26.7 Å². The fourth-order valence-corrected chi connectivity index (χ4v) is 2.61. The van der Waals surface area contributed by atoms with Crippen LogP contribution in [-0.2, 0) is 6.42 Å². The van der Waals surface area contributed by atoms with E-state index in [9.17, 15) is 0 Å². The minimum absolute atomic E-state index is 0.825. The van der Waals surface area contributed by atoms with Gasteiger partial charge in [0.1, 0.15) is 12.4 Å². The van der Waals surface area contributed by atoms with E-state index in [-0.39, 0.29) is 0 Å². The van der Waals surface area contributed by atoms with Crippen molar-refractivity contribution in [3.63, 3.8) is 0 Å². The minimum Gasteiger partial charge on any atom is -0.490 e. The van der Waals surface area contributed by atoms with Crippen molar-refractivity contribution >= 4 is 11.4 Å². The van der Waals surface area contributed by atoms with E-state index in [2.05, 4.69) is 22.3 Å². The minimum atomic E-state index is 0.825.